The van der Waals surface area contributed by atoms with Crippen molar-refractivity contribution >= 4 is 23.4 Å². The Morgan fingerprint density at radius 1 is 1.18 bits per heavy atom. The maximum absolute atomic E-state index is 5.85. The van der Waals surface area contributed by atoms with E-state index in [1.54, 1.807) is 0 Å². The third kappa shape index (κ3) is 4.88. The lowest BCUT2D eigenvalue weighted by molar-refractivity contribution is 0.242. The predicted molar refractivity (Wildman–Crippen MR) is 76.1 cm³/mol. The van der Waals surface area contributed by atoms with E-state index in [4.69, 9.17) is 11.6 Å². The Hall–Kier alpha value is -0.220. The molecule has 1 aliphatic heterocycles. The highest BCUT2D eigenvalue weighted by Crippen LogP contribution is 2.20. The summed E-state index contributed by atoms with van der Waals surface area (Å²) in [6.07, 6.45) is 1.26. The van der Waals surface area contributed by atoms with E-state index in [2.05, 4.69) is 22.3 Å². The zero-order valence-corrected chi connectivity index (χ0v) is 11.6. The van der Waals surface area contributed by atoms with Crippen molar-refractivity contribution < 1.29 is 0 Å². The lowest BCUT2D eigenvalue weighted by Gasteiger charge is -2.26. The second-order valence-corrected chi connectivity index (χ2v) is 5.85. The van der Waals surface area contributed by atoms with Gasteiger partial charge in [-0.05, 0) is 43.0 Å². The first-order chi connectivity index (χ1) is 8.34. The van der Waals surface area contributed by atoms with E-state index in [-0.39, 0.29) is 0 Å². The molecule has 0 aromatic heterocycles. The van der Waals surface area contributed by atoms with Gasteiger partial charge in [-0.3, -0.25) is 0 Å². The van der Waals surface area contributed by atoms with Crippen molar-refractivity contribution in [1.29, 1.82) is 0 Å². The van der Waals surface area contributed by atoms with Gasteiger partial charge in [0.1, 0.15) is 0 Å². The molecule has 1 fully saturated rings. The molecule has 0 aliphatic carbocycles. The Kier molecular flexibility index (Phi) is 5.65. The Labute approximate surface area is 113 Å². The van der Waals surface area contributed by atoms with Crippen molar-refractivity contribution in [3.05, 3.63) is 29.3 Å². The first-order valence-corrected chi connectivity index (χ1v) is 7.52. The second kappa shape index (κ2) is 7.27. The lowest BCUT2D eigenvalue weighted by Crippen LogP contribution is -2.43. The molecule has 2 rings (SSSR count). The number of thioether (sulfide) groups is 1. The van der Waals surface area contributed by atoms with Gasteiger partial charge in [-0.2, -0.15) is 0 Å². The van der Waals surface area contributed by atoms with Crippen LogP contribution in [-0.4, -0.2) is 43.4 Å². The van der Waals surface area contributed by atoms with E-state index in [1.165, 1.54) is 36.7 Å². The molecule has 1 saturated heterocycles. The summed E-state index contributed by atoms with van der Waals surface area (Å²) in [6, 6.07) is 8.11. The second-order valence-electron chi connectivity index (χ2n) is 4.25. The van der Waals surface area contributed by atoms with Crippen molar-refractivity contribution in [2.75, 3.05) is 38.5 Å². The summed E-state index contributed by atoms with van der Waals surface area (Å²) < 4.78 is 0. The van der Waals surface area contributed by atoms with E-state index in [1.807, 2.05) is 23.9 Å². The molecule has 0 spiro atoms. The van der Waals surface area contributed by atoms with E-state index in [0.29, 0.717) is 0 Å². The van der Waals surface area contributed by atoms with Crippen LogP contribution in [0.25, 0.3) is 0 Å². The van der Waals surface area contributed by atoms with Crippen LogP contribution in [0.3, 0.4) is 0 Å². The van der Waals surface area contributed by atoms with Crippen molar-refractivity contribution in [2.45, 2.75) is 11.3 Å². The standard InChI is InChI=1S/C13H19ClN2S/c14-12-2-4-13(5-3-12)17-11-1-8-16-9-6-15-7-10-16/h2-5,15H,1,6-11H2. The average Bonchev–Trinajstić information content (AvgIpc) is 2.38. The van der Waals surface area contributed by atoms with Gasteiger partial charge in [0, 0.05) is 36.1 Å². The van der Waals surface area contributed by atoms with Crippen LogP contribution in [0.4, 0.5) is 0 Å². The molecule has 17 heavy (non-hydrogen) atoms. The normalized spacial score (nSPS) is 17.2. The van der Waals surface area contributed by atoms with E-state index in [0.717, 1.165) is 18.1 Å². The third-order valence-electron chi connectivity index (χ3n) is 2.91. The summed E-state index contributed by atoms with van der Waals surface area (Å²) in [4.78, 5) is 3.86. The summed E-state index contributed by atoms with van der Waals surface area (Å²) in [5.74, 6) is 1.19. The van der Waals surface area contributed by atoms with Crippen LogP contribution in [0.1, 0.15) is 6.42 Å². The highest BCUT2D eigenvalue weighted by Gasteiger charge is 2.08. The van der Waals surface area contributed by atoms with Gasteiger partial charge in [0.2, 0.25) is 0 Å². The molecule has 1 heterocycles. The number of hydrogen-bond donors (Lipinski definition) is 1. The maximum Gasteiger partial charge on any atom is 0.0406 e. The summed E-state index contributed by atoms with van der Waals surface area (Å²) in [5.41, 5.74) is 0. The number of hydrogen-bond acceptors (Lipinski definition) is 3. The first kappa shape index (κ1) is 13.2. The van der Waals surface area contributed by atoms with Gasteiger partial charge >= 0.3 is 0 Å². The largest absolute Gasteiger partial charge is 0.314 e. The average molecular weight is 271 g/mol. The Morgan fingerprint density at radius 3 is 2.59 bits per heavy atom. The van der Waals surface area contributed by atoms with Crippen LogP contribution in [0.15, 0.2) is 29.2 Å². The minimum Gasteiger partial charge on any atom is -0.314 e. The Bertz CT molecular complexity index is 323. The zero-order valence-electron chi connectivity index (χ0n) is 9.99. The quantitative estimate of drug-likeness (QED) is 0.654. The Morgan fingerprint density at radius 2 is 1.88 bits per heavy atom. The Balaban J connectivity index is 1.60. The molecule has 1 aliphatic rings. The first-order valence-electron chi connectivity index (χ1n) is 6.16. The maximum atomic E-state index is 5.85. The van der Waals surface area contributed by atoms with Crippen molar-refractivity contribution in [2.24, 2.45) is 0 Å². The molecule has 1 aromatic rings. The molecule has 0 saturated carbocycles. The van der Waals surface area contributed by atoms with E-state index >= 15 is 0 Å². The minimum atomic E-state index is 0.815. The van der Waals surface area contributed by atoms with Gasteiger partial charge in [-0.25, -0.2) is 0 Å². The number of halogens is 1. The number of nitrogens with one attached hydrogen (secondary N) is 1. The molecule has 1 N–H and O–H groups in total. The number of piperazine rings is 1. The zero-order chi connectivity index (χ0) is 11.9. The van der Waals surface area contributed by atoms with Gasteiger partial charge < -0.3 is 10.2 Å². The monoisotopic (exact) mass is 270 g/mol. The highest BCUT2D eigenvalue weighted by molar-refractivity contribution is 7.99. The molecule has 0 amide bonds. The highest BCUT2D eigenvalue weighted by atomic mass is 35.5. The van der Waals surface area contributed by atoms with Gasteiger partial charge in [-0.15, -0.1) is 11.8 Å². The number of rotatable bonds is 5. The summed E-state index contributed by atoms with van der Waals surface area (Å²) >= 11 is 7.77. The summed E-state index contributed by atoms with van der Waals surface area (Å²) in [7, 11) is 0. The van der Waals surface area contributed by atoms with Crippen molar-refractivity contribution in [1.82, 2.24) is 10.2 Å². The molecule has 0 atom stereocenters. The molecular weight excluding hydrogens is 252 g/mol. The van der Waals surface area contributed by atoms with Crippen LogP contribution >= 0.6 is 23.4 Å². The lowest BCUT2D eigenvalue weighted by atomic mass is 10.3. The van der Waals surface area contributed by atoms with Gasteiger partial charge in [0.15, 0.2) is 0 Å². The predicted octanol–water partition coefficient (Wildman–Crippen LogP) is 2.73. The van der Waals surface area contributed by atoms with Crippen LogP contribution in [0.5, 0.6) is 0 Å². The molecule has 94 valence electrons. The molecule has 2 nitrogen and oxygen atoms in total. The van der Waals surface area contributed by atoms with Crippen LogP contribution in [-0.2, 0) is 0 Å². The van der Waals surface area contributed by atoms with E-state index < -0.39 is 0 Å². The van der Waals surface area contributed by atoms with Crippen LogP contribution < -0.4 is 5.32 Å². The SMILES string of the molecule is Clc1ccc(SCCCN2CCNCC2)cc1. The number of benzene rings is 1. The molecular formula is C13H19ClN2S. The van der Waals surface area contributed by atoms with Gasteiger partial charge in [0.05, 0.1) is 0 Å². The van der Waals surface area contributed by atoms with Crippen LogP contribution in [0.2, 0.25) is 5.02 Å². The van der Waals surface area contributed by atoms with Crippen LogP contribution in [0, 0.1) is 0 Å². The van der Waals surface area contributed by atoms with Gasteiger partial charge in [0.25, 0.3) is 0 Å². The minimum absolute atomic E-state index is 0.815. The topological polar surface area (TPSA) is 15.3 Å². The molecule has 1 aromatic carbocycles. The fourth-order valence-corrected chi connectivity index (χ4v) is 2.91. The van der Waals surface area contributed by atoms with Gasteiger partial charge in [-0.1, -0.05) is 11.6 Å². The summed E-state index contributed by atoms with van der Waals surface area (Å²) in [6.45, 7) is 5.91. The van der Waals surface area contributed by atoms with Crippen molar-refractivity contribution in [3.8, 4) is 0 Å². The molecule has 0 unspecified atom stereocenters. The molecule has 0 bridgehead atoms. The smallest absolute Gasteiger partial charge is 0.0406 e. The fourth-order valence-electron chi connectivity index (χ4n) is 1.94. The molecule has 0 radical (unpaired) electrons. The number of nitrogens with zero attached hydrogens (tertiary/aromatic N) is 1. The fraction of sp³-hybridized carbons (Fsp3) is 0.538. The van der Waals surface area contributed by atoms with Crippen molar-refractivity contribution in [3.63, 3.8) is 0 Å². The van der Waals surface area contributed by atoms with E-state index in [9.17, 15) is 0 Å². The molecule has 4 heteroatoms. The third-order valence-corrected chi connectivity index (χ3v) is 4.26. The summed E-state index contributed by atoms with van der Waals surface area (Å²) in [5, 5.41) is 4.19.